The van der Waals surface area contributed by atoms with Crippen LogP contribution in [0.25, 0.3) is 0 Å². The largest absolute Gasteiger partial charge is 0.484 e. The van der Waals surface area contributed by atoms with Crippen molar-refractivity contribution in [2.45, 2.75) is 39.3 Å². The second-order valence-corrected chi connectivity index (χ2v) is 8.53. The number of rotatable bonds is 7. The zero-order valence-electron chi connectivity index (χ0n) is 16.5. The molecule has 1 fully saturated rings. The van der Waals surface area contributed by atoms with E-state index in [2.05, 4.69) is 0 Å². The fraction of sp³-hybridized carbons (Fsp3) is 0.409. The van der Waals surface area contributed by atoms with E-state index in [1.54, 1.807) is 17.0 Å². The van der Waals surface area contributed by atoms with Crippen LogP contribution in [0.3, 0.4) is 0 Å². The van der Waals surface area contributed by atoms with Gasteiger partial charge in [0, 0.05) is 34.8 Å². The summed E-state index contributed by atoms with van der Waals surface area (Å²) >= 11 is 18.5. The first-order valence-electron chi connectivity index (χ1n) is 9.56. The fourth-order valence-corrected chi connectivity index (χ4v) is 3.95. The Balaban J connectivity index is 1.71. The first-order valence-corrected chi connectivity index (χ1v) is 10.7. The highest BCUT2D eigenvalue weighted by Gasteiger charge is 2.24. The predicted molar refractivity (Wildman–Crippen MR) is 117 cm³/mol. The average Bonchev–Trinajstić information content (AvgIpc) is 3.18. The third kappa shape index (κ3) is 6.02. The topological polar surface area (TPSA) is 38.8 Å². The lowest BCUT2D eigenvalue weighted by Crippen LogP contribution is -2.39. The lowest BCUT2D eigenvalue weighted by Gasteiger charge is -2.26. The minimum Gasteiger partial charge on any atom is -0.484 e. The Morgan fingerprint density at radius 1 is 1.17 bits per heavy atom. The molecule has 156 valence electrons. The van der Waals surface area contributed by atoms with Crippen molar-refractivity contribution < 1.29 is 14.3 Å². The highest BCUT2D eigenvalue weighted by Crippen LogP contribution is 2.26. The summed E-state index contributed by atoms with van der Waals surface area (Å²) in [6.45, 7) is 5.36. The molecule has 0 aliphatic carbocycles. The molecule has 0 unspecified atom stereocenters. The van der Waals surface area contributed by atoms with Gasteiger partial charge in [0.1, 0.15) is 5.75 Å². The Morgan fingerprint density at radius 3 is 2.52 bits per heavy atom. The number of nitrogens with zero attached hydrogens (tertiary/aromatic N) is 1. The van der Waals surface area contributed by atoms with Gasteiger partial charge in [-0.3, -0.25) is 4.79 Å². The molecule has 1 aliphatic rings. The van der Waals surface area contributed by atoms with Crippen LogP contribution < -0.4 is 4.74 Å². The summed E-state index contributed by atoms with van der Waals surface area (Å²) in [7, 11) is 0. The van der Waals surface area contributed by atoms with Crippen LogP contribution in [-0.4, -0.2) is 36.7 Å². The molecule has 29 heavy (non-hydrogen) atoms. The molecule has 7 heteroatoms. The van der Waals surface area contributed by atoms with Crippen molar-refractivity contribution in [2.24, 2.45) is 0 Å². The molecule has 0 N–H and O–H groups in total. The summed E-state index contributed by atoms with van der Waals surface area (Å²) in [6, 6.07) is 8.97. The van der Waals surface area contributed by atoms with E-state index in [1.165, 1.54) is 0 Å². The van der Waals surface area contributed by atoms with E-state index >= 15 is 0 Å². The van der Waals surface area contributed by atoms with Crippen molar-refractivity contribution in [3.8, 4) is 5.75 Å². The van der Waals surface area contributed by atoms with Gasteiger partial charge in [0.05, 0.1) is 6.10 Å². The summed E-state index contributed by atoms with van der Waals surface area (Å²) in [4.78, 5) is 14.7. The van der Waals surface area contributed by atoms with Crippen LogP contribution >= 0.6 is 34.8 Å². The highest BCUT2D eigenvalue weighted by atomic mass is 35.5. The quantitative estimate of drug-likeness (QED) is 0.524. The van der Waals surface area contributed by atoms with Crippen LogP contribution in [-0.2, 0) is 16.1 Å². The SMILES string of the molecule is Cc1cc(OCC(=O)N(Cc2ccc(Cl)cc2Cl)C[C@H]2CCCO2)cc(C)c1Cl. The van der Waals surface area contributed by atoms with Crippen LogP contribution in [0.15, 0.2) is 30.3 Å². The summed E-state index contributed by atoms with van der Waals surface area (Å²) in [5.74, 6) is 0.496. The zero-order chi connectivity index (χ0) is 21.0. The van der Waals surface area contributed by atoms with Gasteiger partial charge < -0.3 is 14.4 Å². The second-order valence-electron chi connectivity index (χ2n) is 7.30. The van der Waals surface area contributed by atoms with Gasteiger partial charge in [-0.2, -0.15) is 0 Å². The molecule has 4 nitrogen and oxygen atoms in total. The molecular formula is C22H24Cl3NO3. The van der Waals surface area contributed by atoms with E-state index < -0.39 is 0 Å². The van der Waals surface area contributed by atoms with Crippen LogP contribution in [0.1, 0.15) is 29.5 Å². The maximum absolute atomic E-state index is 13.0. The smallest absolute Gasteiger partial charge is 0.260 e. The van der Waals surface area contributed by atoms with Crippen LogP contribution in [0, 0.1) is 13.8 Å². The fourth-order valence-electron chi connectivity index (χ4n) is 3.37. The Morgan fingerprint density at radius 2 is 1.90 bits per heavy atom. The molecular weight excluding hydrogens is 433 g/mol. The first-order chi connectivity index (χ1) is 13.8. The van der Waals surface area contributed by atoms with Gasteiger partial charge in [0.25, 0.3) is 5.91 Å². The number of amides is 1. The second kappa shape index (κ2) is 10.0. The molecule has 0 aromatic heterocycles. The summed E-state index contributed by atoms with van der Waals surface area (Å²) in [6.07, 6.45) is 1.98. The van der Waals surface area contributed by atoms with Crippen LogP contribution in [0.4, 0.5) is 0 Å². The average molecular weight is 457 g/mol. The van der Waals surface area contributed by atoms with Gasteiger partial charge in [-0.15, -0.1) is 0 Å². The number of carbonyl (C=O) groups is 1. The number of hydrogen-bond acceptors (Lipinski definition) is 3. The van der Waals surface area contributed by atoms with Gasteiger partial charge in [-0.05, 0) is 67.6 Å². The van der Waals surface area contributed by atoms with Crippen molar-refractivity contribution in [1.29, 1.82) is 0 Å². The zero-order valence-corrected chi connectivity index (χ0v) is 18.8. The van der Waals surface area contributed by atoms with Gasteiger partial charge in [-0.25, -0.2) is 0 Å². The molecule has 1 saturated heterocycles. The molecule has 0 saturated carbocycles. The summed E-state index contributed by atoms with van der Waals surface area (Å²) < 4.78 is 11.5. The standard InChI is InChI=1S/C22H24Cl3NO3/c1-14-8-19(9-15(2)22(14)25)29-13-21(27)26(12-18-4-3-7-28-18)11-16-5-6-17(23)10-20(16)24/h5-6,8-10,18H,3-4,7,11-13H2,1-2H3/t18-/m1/s1. The third-order valence-corrected chi connectivity index (χ3v) is 6.13. The van der Waals surface area contributed by atoms with Gasteiger partial charge >= 0.3 is 0 Å². The first kappa shape index (κ1) is 22.2. The van der Waals surface area contributed by atoms with Crippen LogP contribution in [0.2, 0.25) is 15.1 Å². The monoisotopic (exact) mass is 455 g/mol. The van der Waals surface area contributed by atoms with Crippen molar-refractivity contribution >= 4 is 40.7 Å². The van der Waals surface area contributed by atoms with E-state index in [1.807, 2.05) is 32.0 Å². The Labute approximate surface area is 186 Å². The normalized spacial score (nSPS) is 16.1. The number of hydrogen-bond donors (Lipinski definition) is 0. The van der Waals surface area contributed by atoms with Crippen molar-refractivity contribution in [3.05, 3.63) is 62.1 Å². The van der Waals surface area contributed by atoms with Crippen LogP contribution in [0.5, 0.6) is 5.75 Å². The highest BCUT2D eigenvalue weighted by molar-refractivity contribution is 6.35. The Kier molecular flexibility index (Phi) is 7.69. The number of carbonyl (C=O) groups excluding carboxylic acids is 1. The number of benzene rings is 2. The third-order valence-electron chi connectivity index (χ3n) is 4.95. The molecule has 1 amide bonds. The van der Waals surface area contributed by atoms with Gasteiger partial charge in [-0.1, -0.05) is 40.9 Å². The molecule has 1 aliphatic heterocycles. The lowest BCUT2D eigenvalue weighted by atomic mass is 10.1. The predicted octanol–water partition coefficient (Wildman–Crippen LogP) is 5.85. The number of ether oxygens (including phenoxy) is 2. The van der Waals surface area contributed by atoms with Crippen molar-refractivity contribution in [3.63, 3.8) is 0 Å². The summed E-state index contributed by atoms with van der Waals surface area (Å²) in [5.41, 5.74) is 2.66. The van der Waals surface area contributed by atoms with Gasteiger partial charge in [0.2, 0.25) is 0 Å². The van der Waals surface area contributed by atoms with E-state index in [4.69, 9.17) is 44.3 Å². The molecule has 1 heterocycles. The molecule has 2 aromatic carbocycles. The van der Waals surface area contributed by atoms with E-state index in [-0.39, 0.29) is 18.6 Å². The maximum atomic E-state index is 13.0. The number of aryl methyl sites for hydroxylation is 2. The molecule has 0 bridgehead atoms. The Hall–Kier alpha value is -1.46. The maximum Gasteiger partial charge on any atom is 0.260 e. The van der Waals surface area contributed by atoms with Crippen molar-refractivity contribution in [2.75, 3.05) is 19.8 Å². The molecule has 3 rings (SSSR count). The molecule has 0 radical (unpaired) electrons. The van der Waals surface area contributed by atoms with E-state index in [9.17, 15) is 4.79 Å². The Bertz CT molecular complexity index is 859. The van der Waals surface area contributed by atoms with E-state index in [0.717, 1.165) is 36.1 Å². The minimum absolute atomic E-state index is 0.0325. The molecule has 0 spiro atoms. The van der Waals surface area contributed by atoms with Gasteiger partial charge in [0.15, 0.2) is 6.61 Å². The molecule has 1 atom stereocenters. The molecule has 2 aromatic rings. The lowest BCUT2D eigenvalue weighted by molar-refractivity contribution is -0.135. The number of halogens is 3. The van der Waals surface area contributed by atoms with E-state index in [0.29, 0.717) is 33.9 Å². The minimum atomic E-state index is -0.128. The van der Waals surface area contributed by atoms with Crippen molar-refractivity contribution in [1.82, 2.24) is 4.90 Å². The summed E-state index contributed by atoms with van der Waals surface area (Å²) in [5, 5.41) is 1.81.